The van der Waals surface area contributed by atoms with E-state index in [1.807, 2.05) is 7.05 Å². The van der Waals surface area contributed by atoms with E-state index in [0.717, 1.165) is 19.4 Å². The lowest BCUT2D eigenvalue weighted by atomic mass is 10.0. The summed E-state index contributed by atoms with van der Waals surface area (Å²) in [5.41, 5.74) is 5.54. The molecule has 0 aliphatic carbocycles. The lowest BCUT2D eigenvalue weighted by molar-refractivity contribution is -0.170. The van der Waals surface area contributed by atoms with Crippen molar-refractivity contribution < 1.29 is 9.84 Å². The van der Waals surface area contributed by atoms with Gasteiger partial charge >= 0.3 is 0 Å². The summed E-state index contributed by atoms with van der Waals surface area (Å²) in [7, 11) is 1.87. The molecule has 1 saturated heterocycles. The summed E-state index contributed by atoms with van der Waals surface area (Å²) in [6, 6.07) is -0.205. The Morgan fingerprint density at radius 2 is 2.36 bits per heavy atom. The second kappa shape index (κ2) is 4.01. The molecule has 0 aromatic carbocycles. The van der Waals surface area contributed by atoms with Crippen molar-refractivity contribution in [1.82, 2.24) is 5.32 Å². The summed E-state index contributed by atoms with van der Waals surface area (Å²) in [5, 5.41) is 12.2. The number of rotatable bonds is 2. The van der Waals surface area contributed by atoms with Gasteiger partial charge in [-0.2, -0.15) is 0 Å². The number of ether oxygens (including phenoxy) is 1. The van der Waals surface area contributed by atoms with Gasteiger partial charge in [-0.05, 0) is 19.9 Å². The maximum Gasteiger partial charge on any atom is 0.170 e. The molecule has 0 aromatic rings. The molecule has 4 N–H and O–H groups in total. The molecule has 0 unspecified atom stereocenters. The summed E-state index contributed by atoms with van der Waals surface area (Å²) >= 11 is 0. The minimum atomic E-state index is -0.776. The molecule has 0 saturated carbocycles. The van der Waals surface area contributed by atoms with E-state index in [1.165, 1.54) is 0 Å². The molecular formula is C7H16N2O2. The largest absolute Gasteiger partial charge is 0.367 e. The van der Waals surface area contributed by atoms with Gasteiger partial charge in [0.1, 0.15) is 0 Å². The van der Waals surface area contributed by atoms with Crippen molar-refractivity contribution in [2.45, 2.75) is 31.3 Å². The Labute approximate surface area is 66.7 Å². The number of hydrogen-bond donors (Lipinski definition) is 3. The van der Waals surface area contributed by atoms with Gasteiger partial charge in [0.2, 0.25) is 0 Å². The van der Waals surface area contributed by atoms with Crippen molar-refractivity contribution in [2.75, 3.05) is 13.6 Å². The van der Waals surface area contributed by atoms with Crippen LogP contribution >= 0.6 is 0 Å². The summed E-state index contributed by atoms with van der Waals surface area (Å²) in [5.74, 6) is 0. The van der Waals surface area contributed by atoms with Crippen LogP contribution in [0, 0.1) is 0 Å². The Morgan fingerprint density at radius 3 is 2.91 bits per heavy atom. The first-order valence-corrected chi connectivity index (χ1v) is 3.97. The third kappa shape index (κ3) is 2.41. The van der Waals surface area contributed by atoms with Crippen LogP contribution in [0.4, 0.5) is 0 Å². The number of hydrogen-bond acceptors (Lipinski definition) is 4. The second-order valence-electron chi connectivity index (χ2n) is 2.95. The van der Waals surface area contributed by atoms with Gasteiger partial charge in [-0.1, -0.05) is 0 Å². The molecule has 0 spiro atoms. The molecule has 0 radical (unpaired) electrons. The molecule has 66 valence electrons. The maximum absolute atomic E-state index is 9.20. The van der Waals surface area contributed by atoms with Gasteiger partial charge in [0.15, 0.2) is 6.29 Å². The van der Waals surface area contributed by atoms with Crippen molar-refractivity contribution in [1.29, 1.82) is 0 Å². The molecule has 11 heavy (non-hydrogen) atoms. The van der Waals surface area contributed by atoms with E-state index in [-0.39, 0.29) is 12.1 Å². The Kier molecular flexibility index (Phi) is 3.26. The van der Waals surface area contributed by atoms with Gasteiger partial charge in [0.05, 0.1) is 12.1 Å². The van der Waals surface area contributed by atoms with E-state index in [0.29, 0.717) is 0 Å². The molecule has 1 heterocycles. The minimum Gasteiger partial charge on any atom is -0.367 e. The van der Waals surface area contributed by atoms with E-state index in [1.54, 1.807) is 0 Å². The molecular weight excluding hydrogens is 144 g/mol. The Morgan fingerprint density at radius 1 is 1.64 bits per heavy atom. The van der Waals surface area contributed by atoms with E-state index < -0.39 is 6.29 Å². The molecule has 1 fully saturated rings. The standard InChI is InChI=1S/C7H16N2O2/c1-9-4-5-2-3-6(8)7(10)11-5/h5-7,9-10H,2-4,8H2,1H3/t5-,6+,7-/m0/s1. The molecule has 3 atom stereocenters. The predicted molar refractivity (Wildman–Crippen MR) is 42.0 cm³/mol. The quantitative estimate of drug-likeness (QED) is 0.486. The summed E-state index contributed by atoms with van der Waals surface area (Å²) in [6.45, 7) is 0.782. The lowest BCUT2D eigenvalue weighted by Crippen LogP contribution is -2.46. The second-order valence-corrected chi connectivity index (χ2v) is 2.95. The highest BCUT2D eigenvalue weighted by Gasteiger charge is 2.26. The number of aliphatic hydroxyl groups is 1. The number of nitrogens with two attached hydrogens (primary N) is 1. The molecule has 0 bridgehead atoms. The van der Waals surface area contributed by atoms with Crippen LogP contribution in [0.5, 0.6) is 0 Å². The van der Waals surface area contributed by atoms with Crippen molar-refractivity contribution >= 4 is 0 Å². The van der Waals surface area contributed by atoms with Gasteiger partial charge in [-0.15, -0.1) is 0 Å². The lowest BCUT2D eigenvalue weighted by Gasteiger charge is -2.31. The average molecular weight is 160 g/mol. The fraction of sp³-hybridized carbons (Fsp3) is 1.00. The van der Waals surface area contributed by atoms with Gasteiger partial charge in [-0.25, -0.2) is 0 Å². The Balaban J connectivity index is 2.28. The summed E-state index contributed by atoms with van der Waals surface area (Å²) in [4.78, 5) is 0. The van der Waals surface area contributed by atoms with Crippen LogP contribution in [0.2, 0.25) is 0 Å². The molecule has 1 aliphatic rings. The normalized spacial score (nSPS) is 39.0. The van der Waals surface area contributed by atoms with Crippen LogP contribution in [-0.4, -0.2) is 37.1 Å². The molecule has 1 aliphatic heterocycles. The van der Waals surface area contributed by atoms with Crippen LogP contribution in [-0.2, 0) is 4.74 Å². The first-order chi connectivity index (χ1) is 5.24. The predicted octanol–water partition coefficient (Wildman–Crippen LogP) is -0.969. The SMILES string of the molecule is CNC[C@@H]1CC[C@@H](N)[C@@H](O)O1. The highest BCUT2D eigenvalue weighted by molar-refractivity contribution is 4.75. The van der Waals surface area contributed by atoms with E-state index >= 15 is 0 Å². The third-order valence-electron chi connectivity index (χ3n) is 1.95. The van der Waals surface area contributed by atoms with Crippen molar-refractivity contribution in [2.24, 2.45) is 5.73 Å². The van der Waals surface area contributed by atoms with E-state index in [9.17, 15) is 5.11 Å². The first-order valence-electron chi connectivity index (χ1n) is 3.97. The Bertz CT molecular complexity index is 121. The molecule has 4 nitrogen and oxygen atoms in total. The van der Waals surface area contributed by atoms with Gasteiger partial charge < -0.3 is 20.9 Å². The van der Waals surface area contributed by atoms with Crippen LogP contribution < -0.4 is 11.1 Å². The highest BCUT2D eigenvalue weighted by Crippen LogP contribution is 2.15. The fourth-order valence-electron chi connectivity index (χ4n) is 1.26. The van der Waals surface area contributed by atoms with Gasteiger partial charge in [0, 0.05) is 6.54 Å². The monoisotopic (exact) mass is 160 g/mol. The number of nitrogens with one attached hydrogen (secondary N) is 1. The molecule has 0 amide bonds. The Hall–Kier alpha value is -0.160. The van der Waals surface area contributed by atoms with Crippen LogP contribution in [0.25, 0.3) is 0 Å². The third-order valence-corrected chi connectivity index (χ3v) is 1.95. The highest BCUT2D eigenvalue weighted by atomic mass is 16.6. The smallest absolute Gasteiger partial charge is 0.170 e. The number of likely N-dealkylation sites (N-methyl/N-ethyl adjacent to an activating group) is 1. The fourth-order valence-corrected chi connectivity index (χ4v) is 1.26. The van der Waals surface area contributed by atoms with E-state index in [4.69, 9.17) is 10.5 Å². The molecule has 1 rings (SSSR count). The zero-order valence-electron chi connectivity index (χ0n) is 6.79. The zero-order valence-corrected chi connectivity index (χ0v) is 6.79. The van der Waals surface area contributed by atoms with Crippen molar-refractivity contribution in [3.63, 3.8) is 0 Å². The van der Waals surface area contributed by atoms with Crippen LogP contribution in [0.15, 0.2) is 0 Å². The topological polar surface area (TPSA) is 67.5 Å². The average Bonchev–Trinajstić information content (AvgIpc) is 1.98. The van der Waals surface area contributed by atoms with Crippen molar-refractivity contribution in [3.05, 3.63) is 0 Å². The van der Waals surface area contributed by atoms with E-state index in [2.05, 4.69) is 5.32 Å². The first kappa shape index (κ1) is 8.93. The summed E-state index contributed by atoms with van der Waals surface area (Å²) in [6.07, 6.45) is 1.11. The van der Waals surface area contributed by atoms with Crippen molar-refractivity contribution in [3.8, 4) is 0 Å². The molecule has 0 aromatic heterocycles. The maximum atomic E-state index is 9.20. The van der Waals surface area contributed by atoms with Gasteiger partial charge in [-0.3, -0.25) is 0 Å². The van der Waals surface area contributed by atoms with Crippen LogP contribution in [0.1, 0.15) is 12.8 Å². The zero-order chi connectivity index (χ0) is 8.27. The molecule has 4 heteroatoms. The van der Waals surface area contributed by atoms with Crippen LogP contribution in [0.3, 0.4) is 0 Å². The summed E-state index contributed by atoms with van der Waals surface area (Å²) < 4.78 is 5.21. The van der Waals surface area contributed by atoms with Gasteiger partial charge in [0.25, 0.3) is 0 Å². The minimum absolute atomic E-state index is 0.120. The number of aliphatic hydroxyl groups excluding tert-OH is 1.